The van der Waals surface area contributed by atoms with Crippen LogP contribution in [0, 0.1) is 0 Å². The van der Waals surface area contributed by atoms with Crippen molar-refractivity contribution in [1.29, 1.82) is 0 Å². The van der Waals surface area contributed by atoms with Gasteiger partial charge in [-0.3, -0.25) is 4.79 Å². The number of H-pyrrole nitrogens is 1. The van der Waals surface area contributed by atoms with E-state index in [0.717, 1.165) is 10.6 Å². The smallest absolute Gasteiger partial charge is 0.290 e. The highest BCUT2D eigenvalue weighted by molar-refractivity contribution is 7.15. The standard InChI is InChI=1S/C15H12Cl2N4OS/c1-7-5-10-11(23-15(17)19-10)6-21(7)14(22)13-18-9-4-2-3-8(16)12(9)20-13/h2-4,7H,5-6H2,1H3,(H,18,20)/t7-/m1/s1. The Hall–Kier alpha value is -1.63. The maximum Gasteiger partial charge on any atom is 0.290 e. The molecule has 5 nitrogen and oxygen atoms in total. The van der Waals surface area contributed by atoms with Crippen molar-refractivity contribution in [3.8, 4) is 0 Å². The van der Waals surface area contributed by atoms with Gasteiger partial charge in [-0.1, -0.05) is 29.3 Å². The number of hydrogen-bond donors (Lipinski definition) is 1. The van der Waals surface area contributed by atoms with Crippen LogP contribution in [0.3, 0.4) is 0 Å². The highest BCUT2D eigenvalue weighted by Gasteiger charge is 2.31. The highest BCUT2D eigenvalue weighted by atomic mass is 35.5. The molecule has 3 aromatic rings. The van der Waals surface area contributed by atoms with Crippen LogP contribution in [0.4, 0.5) is 0 Å². The van der Waals surface area contributed by atoms with Gasteiger partial charge in [0.15, 0.2) is 10.3 Å². The number of nitrogens with zero attached hydrogens (tertiary/aromatic N) is 3. The Balaban J connectivity index is 1.69. The zero-order chi connectivity index (χ0) is 16.1. The number of aromatic amines is 1. The fraction of sp³-hybridized carbons (Fsp3) is 0.267. The van der Waals surface area contributed by atoms with Gasteiger partial charge in [-0.2, -0.15) is 0 Å². The van der Waals surface area contributed by atoms with E-state index in [2.05, 4.69) is 15.0 Å². The van der Waals surface area contributed by atoms with E-state index in [0.29, 0.717) is 39.3 Å². The van der Waals surface area contributed by atoms with E-state index in [-0.39, 0.29) is 11.9 Å². The Bertz CT molecular complexity index is 919. The summed E-state index contributed by atoms with van der Waals surface area (Å²) in [5.41, 5.74) is 2.36. The number of nitrogens with one attached hydrogen (secondary N) is 1. The molecule has 1 amide bonds. The molecule has 1 aliphatic rings. The zero-order valence-corrected chi connectivity index (χ0v) is 14.5. The van der Waals surface area contributed by atoms with Crippen molar-refractivity contribution >= 4 is 51.5 Å². The fourth-order valence-corrected chi connectivity index (χ4v) is 4.25. The molecular weight excluding hydrogens is 355 g/mol. The monoisotopic (exact) mass is 366 g/mol. The van der Waals surface area contributed by atoms with E-state index in [1.54, 1.807) is 11.0 Å². The molecule has 0 bridgehead atoms. The Morgan fingerprint density at radius 1 is 1.39 bits per heavy atom. The number of hydrogen-bond acceptors (Lipinski definition) is 4. The molecule has 1 aliphatic heterocycles. The first-order chi connectivity index (χ1) is 11.0. The molecule has 23 heavy (non-hydrogen) atoms. The molecule has 1 aromatic carbocycles. The third kappa shape index (κ3) is 2.51. The van der Waals surface area contributed by atoms with Gasteiger partial charge in [-0.15, -0.1) is 11.3 Å². The van der Waals surface area contributed by atoms with Crippen molar-refractivity contribution in [1.82, 2.24) is 19.9 Å². The molecule has 2 aromatic heterocycles. The number of para-hydroxylation sites is 1. The van der Waals surface area contributed by atoms with Crippen LogP contribution in [-0.2, 0) is 13.0 Å². The van der Waals surface area contributed by atoms with Gasteiger partial charge in [0.1, 0.15) is 0 Å². The Labute approximate surface area is 146 Å². The second kappa shape index (κ2) is 5.47. The van der Waals surface area contributed by atoms with Crippen molar-refractivity contribution in [2.75, 3.05) is 0 Å². The normalized spacial score (nSPS) is 17.5. The van der Waals surface area contributed by atoms with E-state index in [1.807, 2.05) is 19.1 Å². The second-order valence-corrected chi connectivity index (χ2v) is 7.62. The number of rotatable bonds is 1. The lowest BCUT2D eigenvalue weighted by Gasteiger charge is -2.31. The predicted octanol–water partition coefficient (Wildman–Crippen LogP) is 3.91. The van der Waals surface area contributed by atoms with Gasteiger partial charge in [0, 0.05) is 17.3 Å². The van der Waals surface area contributed by atoms with E-state index in [4.69, 9.17) is 23.2 Å². The van der Waals surface area contributed by atoms with Gasteiger partial charge in [-0.25, -0.2) is 9.97 Å². The van der Waals surface area contributed by atoms with E-state index in [9.17, 15) is 4.79 Å². The van der Waals surface area contributed by atoms with E-state index >= 15 is 0 Å². The van der Waals surface area contributed by atoms with Crippen LogP contribution in [0.2, 0.25) is 9.49 Å². The minimum Gasteiger partial charge on any atom is -0.333 e. The van der Waals surface area contributed by atoms with Gasteiger partial charge in [0.2, 0.25) is 0 Å². The topological polar surface area (TPSA) is 61.9 Å². The summed E-state index contributed by atoms with van der Waals surface area (Å²) in [4.78, 5) is 27.4. The molecule has 1 atom stereocenters. The van der Waals surface area contributed by atoms with Gasteiger partial charge < -0.3 is 9.88 Å². The third-order valence-corrected chi connectivity index (χ3v) is 5.52. The lowest BCUT2D eigenvalue weighted by molar-refractivity contribution is 0.0649. The molecule has 3 heterocycles. The zero-order valence-electron chi connectivity index (χ0n) is 12.1. The number of thiazole rings is 1. The summed E-state index contributed by atoms with van der Waals surface area (Å²) in [6, 6.07) is 5.45. The lowest BCUT2D eigenvalue weighted by Crippen LogP contribution is -2.42. The van der Waals surface area contributed by atoms with Crippen molar-refractivity contribution in [3.05, 3.63) is 44.1 Å². The maximum absolute atomic E-state index is 12.8. The summed E-state index contributed by atoms with van der Waals surface area (Å²) in [5, 5.41) is 0.553. The number of halogens is 2. The quantitative estimate of drug-likeness (QED) is 0.709. The number of carbonyl (C=O) groups is 1. The van der Waals surface area contributed by atoms with Gasteiger partial charge >= 0.3 is 0 Å². The van der Waals surface area contributed by atoms with Gasteiger partial charge in [0.25, 0.3) is 5.91 Å². The first-order valence-electron chi connectivity index (χ1n) is 7.12. The molecule has 0 saturated carbocycles. The van der Waals surface area contributed by atoms with Crippen LogP contribution < -0.4 is 0 Å². The summed E-state index contributed by atoms with van der Waals surface area (Å²) in [6.07, 6.45) is 0.700. The van der Waals surface area contributed by atoms with Crippen LogP contribution in [0.25, 0.3) is 11.0 Å². The minimum absolute atomic E-state index is 0.0388. The molecule has 0 radical (unpaired) electrons. The van der Waals surface area contributed by atoms with Crippen LogP contribution in [0.5, 0.6) is 0 Å². The summed E-state index contributed by atoms with van der Waals surface area (Å²) < 4.78 is 0.520. The second-order valence-electron chi connectivity index (χ2n) is 5.54. The fourth-order valence-electron chi connectivity index (χ4n) is 2.84. The van der Waals surface area contributed by atoms with Crippen LogP contribution in [0.1, 0.15) is 28.1 Å². The Kier molecular flexibility index (Phi) is 3.55. The van der Waals surface area contributed by atoms with Crippen LogP contribution >= 0.6 is 34.5 Å². The molecule has 8 heteroatoms. The van der Waals surface area contributed by atoms with Gasteiger partial charge in [0.05, 0.1) is 28.3 Å². The van der Waals surface area contributed by atoms with Gasteiger partial charge in [-0.05, 0) is 19.1 Å². The molecule has 0 unspecified atom stereocenters. The Morgan fingerprint density at radius 2 is 2.22 bits per heavy atom. The van der Waals surface area contributed by atoms with Crippen molar-refractivity contribution in [2.24, 2.45) is 0 Å². The van der Waals surface area contributed by atoms with Crippen LogP contribution in [-0.4, -0.2) is 31.8 Å². The largest absolute Gasteiger partial charge is 0.333 e. The van der Waals surface area contributed by atoms with E-state index < -0.39 is 0 Å². The number of fused-ring (bicyclic) bond motifs is 2. The molecule has 0 saturated heterocycles. The molecule has 1 N–H and O–H groups in total. The maximum atomic E-state index is 12.8. The van der Waals surface area contributed by atoms with Crippen molar-refractivity contribution < 1.29 is 4.79 Å². The number of imidazole rings is 1. The summed E-state index contributed by atoms with van der Waals surface area (Å²) >= 11 is 13.6. The first-order valence-corrected chi connectivity index (χ1v) is 8.69. The lowest BCUT2D eigenvalue weighted by atomic mass is 10.1. The average Bonchev–Trinajstić information content (AvgIpc) is 3.09. The summed E-state index contributed by atoms with van der Waals surface area (Å²) in [6.45, 7) is 2.51. The summed E-state index contributed by atoms with van der Waals surface area (Å²) in [7, 11) is 0. The first kappa shape index (κ1) is 14.9. The molecule has 118 valence electrons. The summed E-state index contributed by atoms with van der Waals surface area (Å²) in [5.74, 6) is 0.166. The van der Waals surface area contributed by atoms with Crippen molar-refractivity contribution in [3.63, 3.8) is 0 Å². The number of amides is 1. The predicted molar refractivity (Wildman–Crippen MR) is 91.3 cm³/mol. The van der Waals surface area contributed by atoms with Crippen LogP contribution in [0.15, 0.2) is 18.2 Å². The highest BCUT2D eigenvalue weighted by Crippen LogP contribution is 2.31. The molecule has 0 aliphatic carbocycles. The molecule has 0 spiro atoms. The Morgan fingerprint density at radius 3 is 3.00 bits per heavy atom. The number of benzene rings is 1. The number of aromatic nitrogens is 3. The molecule has 4 rings (SSSR count). The van der Waals surface area contributed by atoms with Crippen molar-refractivity contribution in [2.45, 2.75) is 25.9 Å². The average molecular weight is 367 g/mol. The SMILES string of the molecule is C[C@@H]1Cc2nc(Cl)sc2CN1C(=O)c1nc2cccc(Cl)c2[nH]1. The minimum atomic E-state index is -0.139. The third-order valence-electron chi connectivity index (χ3n) is 4.02. The molecular formula is C15H12Cl2N4OS. The van der Waals surface area contributed by atoms with E-state index in [1.165, 1.54) is 11.3 Å². The number of carbonyl (C=O) groups excluding carboxylic acids is 1. The molecule has 0 fully saturated rings.